The van der Waals surface area contributed by atoms with Gasteiger partial charge in [-0.1, -0.05) is 13.3 Å². The molecule has 3 fully saturated rings. The van der Waals surface area contributed by atoms with E-state index in [2.05, 4.69) is 34.2 Å². The van der Waals surface area contributed by atoms with Crippen molar-refractivity contribution in [3.05, 3.63) is 0 Å². The normalized spacial score (nSPS) is 31.0. The summed E-state index contributed by atoms with van der Waals surface area (Å²) >= 11 is 2.05. The van der Waals surface area contributed by atoms with Gasteiger partial charge in [-0.3, -0.25) is 0 Å². The summed E-state index contributed by atoms with van der Waals surface area (Å²) in [7, 11) is 0. The number of rotatable bonds is 5. The maximum absolute atomic E-state index is 12.2. The minimum atomic E-state index is 0.0667. The van der Waals surface area contributed by atoms with Crippen LogP contribution in [-0.4, -0.2) is 53.1 Å². The molecule has 3 rings (SSSR count). The molecule has 1 heterocycles. The summed E-state index contributed by atoms with van der Waals surface area (Å²) in [5, 5.41) is 7.17. The molecule has 2 atom stereocenters. The number of urea groups is 1. The molecule has 2 aliphatic carbocycles. The lowest BCUT2D eigenvalue weighted by molar-refractivity contribution is 0.184. The quantitative estimate of drug-likeness (QED) is 0.817. The van der Waals surface area contributed by atoms with Crippen molar-refractivity contribution >= 4 is 17.8 Å². The van der Waals surface area contributed by atoms with Gasteiger partial charge in [0, 0.05) is 36.5 Å². The van der Waals surface area contributed by atoms with Crippen LogP contribution in [0.1, 0.15) is 58.3 Å². The van der Waals surface area contributed by atoms with Crippen molar-refractivity contribution in [2.24, 2.45) is 0 Å². The van der Waals surface area contributed by atoms with Gasteiger partial charge in [-0.2, -0.15) is 11.8 Å². The first kappa shape index (κ1) is 16.4. The summed E-state index contributed by atoms with van der Waals surface area (Å²) in [4.78, 5) is 14.8. The zero-order chi connectivity index (χ0) is 15.4. The zero-order valence-electron chi connectivity index (χ0n) is 13.9. The van der Waals surface area contributed by atoms with Crippen LogP contribution in [0.25, 0.3) is 0 Å². The van der Waals surface area contributed by atoms with Gasteiger partial charge in [-0.25, -0.2) is 4.79 Å². The minimum Gasteiger partial charge on any atom is -0.335 e. The van der Waals surface area contributed by atoms with Gasteiger partial charge in [0.1, 0.15) is 0 Å². The second kappa shape index (κ2) is 7.91. The van der Waals surface area contributed by atoms with Gasteiger partial charge in [0.15, 0.2) is 0 Å². The molecule has 0 aromatic heterocycles. The number of carbonyl (C=O) groups is 1. The highest BCUT2D eigenvalue weighted by atomic mass is 32.2. The van der Waals surface area contributed by atoms with Gasteiger partial charge in [-0.05, 0) is 50.7 Å². The second-order valence-electron chi connectivity index (χ2n) is 7.10. The van der Waals surface area contributed by atoms with Gasteiger partial charge >= 0.3 is 6.03 Å². The Balaban J connectivity index is 1.35. The first-order valence-corrected chi connectivity index (χ1v) is 10.2. The van der Waals surface area contributed by atoms with Crippen LogP contribution in [0, 0.1) is 0 Å². The number of thioether (sulfide) groups is 1. The Labute approximate surface area is 139 Å². The number of piperidine rings is 1. The first-order valence-electron chi connectivity index (χ1n) is 9.17. The van der Waals surface area contributed by atoms with Crippen molar-refractivity contribution in [1.82, 2.24) is 15.5 Å². The lowest BCUT2D eigenvalue weighted by atomic mass is 9.95. The number of nitrogens with zero attached hydrogens (tertiary/aromatic N) is 1. The van der Waals surface area contributed by atoms with Crippen molar-refractivity contribution in [3.8, 4) is 0 Å². The van der Waals surface area contributed by atoms with Crippen LogP contribution in [-0.2, 0) is 0 Å². The lowest BCUT2D eigenvalue weighted by Crippen LogP contribution is -2.51. The highest BCUT2D eigenvalue weighted by molar-refractivity contribution is 7.99. The van der Waals surface area contributed by atoms with E-state index >= 15 is 0 Å². The fourth-order valence-corrected chi connectivity index (χ4v) is 5.10. The third-order valence-electron chi connectivity index (χ3n) is 5.29. The maximum atomic E-state index is 12.2. The Bertz CT molecular complexity index is 365. The molecule has 0 bridgehead atoms. The molecule has 1 aliphatic heterocycles. The second-order valence-corrected chi connectivity index (χ2v) is 8.68. The van der Waals surface area contributed by atoms with Crippen LogP contribution in [0.4, 0.5) is 4.79 Å². The molecule has 2 saturated carbocycles. The highest BCUT2D eigenvalue weighted by Crippen LogP contribution is 2.30. The van der Waals surface area contributed by atoms with Crippen LogP contribution in [0.2, 0.25) is 0 Å². The van der Waals surface area contributed by atoms with Crippen molar-refractivity contribution in [3.63, 3.8) is 0 Å². The zero-order valence-corrected chi connectivity index (χ0v) is 14.7. The third kappa shape index (κ3) is 4.79. The molecular weight excluding hydrogens is 294 g/mol. The molecule has 0 spiro atoms. The van der Waals surface area contributed by atoms with E-state index in [0.29, 0.717) is 12.1 Å². The molecule has 3 aliphatic rings. The molecule has 4 nitrogen and oxygen atoms in total. The van der Waals surface area contributed by atoms with E-state index in [4.69, 9.17) is 0 Å². The summed E-state index contributed by atoms with van der Waals surface area (Å²) < 4.78 is 0. The third-order valence-corrected chi connectivity index (χ3v) is 6.52. The largest absolute Gasteiger partial charge is 0.335 e. The van der Waals surface area contributed by atoms with Crippen molar-refractivity contribution in [2.45, 2.75) is 81.7 Å². The van der Waals surface area contributed by atoms with Crippen molar-refractivity contribution in [2.75, 3.05) is 18.8 Å². The van der Waals surface area contributed by atoms with E-state index in [9.17, 15) is 4.79 Å². The lowest BCUT2D eigenvalue weighted by Gasteiger charge is -2.33. The van der Waals surface area contributed by atoms with E-state index in [1.807, 2.05) is 0 Å². The Morgan fingerprint density at radius 2 is 1.77 bits per heavy atom. The number of nitrogens with one attached hydrogen (secondary N) is 2. The molecule has 126 valence electrons. The molecular formula is C17H31N3OS. The van der Waals surface area contributed by atoms with Crippen molar-refractivity contribution < 1.29 is 4.79 Å². The van der Waals surface area contributed by atoms with Gasteiger partial charge in [0.2, 0.25) is 0 Å². The number of carbonyl (C=O) groups excluding carboxylic acids is 1. The average molecular weight is 326 g/mol. The summed E-state index contributed by atoms with van der Waals surface area (Å²) in [6.45, 7) is 4.55. The van der Waals surface area contributed by atoms with Crippen LogP contribution >= 0.6 is 11.8 Å². The number of likely N-dealkylation sites (tertiary alicyclic amines) is 1. The summed E-state index contributed by atoms with van der Waals surface area (Å²) in [5.41, 5.74) is 0. The number of hydrogen-bond acceptors (Lipinski definition) is 3. The van der Waals surface area contributed by atoms with E-state index < -0.39 is 0 Å². The summed E-state index contributed by atoms with van der Waals surface area (Å²) in [6.07, 6.45) is 9.86. The number of hydrogen-bond donors (Lipinski definition) is 2. The fraction of sp³-hybridized carbons (Fsp3) is 0.941. The molecule has 5 heteroatoms. The van der Waals surface area contributed by atoms with Gasteiger partial charge in [0.25, 0.3) is 0 Å². The summed E-state index contributed by atoms with van der Waals surface area (Å²) in [6, 6.07) is 1.69. The summed E-state index contributed by atoms with van der Waals surface area (Å²) in [5.74, 6) is 1.18. The molecule has 0 aromatic carbocycles. The Morgan fingerprint density at radius 1 is 1.05 bits per heavy atom. The minimum absolute atomic E-state index is 0.0667. The molecule has 0 unspecified atom stereocenters. The van der Waals surface area contributed by atoms with E-state index in [0.717, 1.165) is 50.1 Å². The van der Waals surface area contributed by atoms with E-state index in [1.165, 1.54) is 31.4 Å². The Kier molecular flexibility index (Phi) is 5.91. The van der Waals surface area contributed by atoms with Gasteiger partial charge in [-0.15, -0.1) is 0 Å². The SMILES string of the molecule is CCS[C@H]1CCC[C@@H](NC(=O)NC2CCN(C3CC3)CC2)C1. The fourth-order valence-electron chi connectivity index (χ4n) is 3.92. The molecule has 22 heavy (non-hydrogen) atoms. The predicted molar refractivity (Wildman–Crippen MR) is 93.5 cm³/mol. The smallest absolute Gasteiger partial charge is 0.315 e. The Hall–Kier alpha value is -0.420. The first-order chi connectivity index (χ1) is 10.7. The van der Waals surface area contributed by atoms with Crippen molar-refractivity contribution in [1.29, 1.82) is 0 Å². The maximum Gasteiger partial charge on any atom is 0.315 e. The van der Waals surface area contributed by atoms with E-state index in [1.54, 1.807) is 0 Å². The molecule has 1 saturated heterocycles. The number of amides is 2. The molecule has 2 N–H and O–H groups in total. The standard InChI is InChI=1S/C17H31N3OS/c1-2-22-16-5-3-4-14(12-16)19-17(21)18-13-8-10-20(11-9-13)15-6-7-15/h13-16H,2-12H2,1H3,(H2,18,19,21)/t14-,16+/m1/s1. The highest BCUT2D eigenvalue weighted by Gasteiger charge is 2.32. The van der Waals surface area contributed by atoms with Gasteiger partial charge < -0.3 is 15.5 Å². The predicted octanol–water partition coefficient (Wildman–Crippen LogP) is 2.98. The van der Waals surface area contributed by atoms with Crippen LogP contribution in [0.15, 0.2) is 0 Å². The molecule has 0 radical (unpaired) electrons. The topological polar surface area (TPSA) is 44.4 Å². The van der Waals surface area contributed by atoms with E-state index in [-0.39, 0.29) is 6.03 Å². The average Bonchev–Trinajstić information content (AvgIpc) is 3.33. The Morgan fingerprint density at radius 3 is 2.45 bits per heavy atom. The molecule has 0 aromatic rings. The van der Waals surface area contributed by atoms with Crippen LogP contribution in [0.3, 0.4) is 0 Å². The van der Waals surface area contributed by atoms with Crippen LogP contribution in [0.5, 0.6) is 0 Å². The molecule has 2 amide bonds. The van der Waals surface area contributed by atoms with Crippen LogP contribution < -0.4 is 10.6 Å². The monoisotopic (exact) mass is 325 g/mol. The van der Waals surface area contributed by atoms with Gasteiger partial charge in [0.05, 0.1) is 0 Å².